The summed E-state index contributed by atoms with van der Waals surface area (Å²) in [5.74, 6) is 1.55. The van der Waals surface area contributed by atoms with Crippen LogP contribution in [-0.4, -0.2) is 54.1 Å². The van der Waals surface area contributed by atoms with Gasteiger partial charge in [0, 0.05) is 12.5 Å². The number of rotatable bonds is 3. The van der Waals surface area contributed by atoms with Crippen molar-refractivity contribution >= 4 is 23.1 Å². The fourth-order valence-electron chi connectivity index (χ4n) is 3.49. The summed E-state index contributed by atoms with van der Waals surface area (Å²) in [6.07, 6.45) is 4.87. The summed E-state index contributed by atoms with van der Waals surface area (Å²) >= 11 is 0. The molecule has 1 saturated heterocycles. The maximum Gasteiger partial charge on any atom is 0.410 e. The van der Waals surface area contributed by atoms with E-state index in [1.54, 1.807) is 4.68 Å². The maximum absolute atomic E-state index is 12.6. The summed E-state index contributed by atoms with van der Waals surface area (Å²) in [6.45, 7) is 6.86. The van der Waals surface area contributed by atoms with E-state index in [-0.39, 0.29) is 12.1 Å². The molecular weight excluding hydrogens is 346 g/mol. The molecular formula is C18H27N7O2. The molecule has 3 heterocycles. The highest BCUT2D eigenvalue weighted by Crippen LogP contribution is 2.39. The lowest BCUT2D eigenvalue weighted by Crippen LogP contribution is -2.48. The van der Waals surface area contributed by atoms with Crippen molar-refractivity contribution in [1.29, 1.82) is 0 Å². The van der Waals surface area contributed by atoms with Crippen molar-refractivity contribution in [3.63, 3.8) is 0 Å². The predicted octanol–water partition coefficient (Wildman–Crippen LogP) is 2.47. The lowest BCUT2D eigenvalue weighted by atomic mass is 10.0. The third kappa shape index (κ3) is 3.81. The van der Waals surface area contributed by atoms with Crippen molar-refractivity contribution in [3.8, 4) is 0 Å². The number of aromatic nitrogens is 5. The average molecular weight is 373 g/mol. The van der Waals surface area contributed by atoms with Crippen LogP contribution in [0.25, 0.3) is 11.2 Å². The highest BCUT2D eigenvalue weighted by molar-refractivity contribution is 5.80. The van der Waals surface area contributed by atoms with Crippen LogP contribution in [0.1, 0.15) is 64.6 Å². The van der Waals surface area contributed by atoms with E-state index in [4.69, 9.17) is 10.5 Å². The molecule has 2 aromatic rings. The number of anilines is 1. The van der Waals surface area contributed by atoms with Crippen molar-refractivity contribution < 1.29 is 9.53 Å². The molecule has 27 heavy (non-hydrogen) atoms. The second-order valence-electron chi connectivity index (χ2n) is 8.51. The van der Waals surface area contributed by atoms with E-state index in [1.165, 1.54) is 0 Å². The van der Waals surface area contributed by atoms with Gasteiger partial charge in [0.25, 0.3) is 0 Å². The first kappa shape index (κ1) is 17.9. The second kappa shape index (κ2) is 6.61. The summed E-state index contributed by atoms with van der Waals surface area (Å²) in [6, 6.07) is -0.000866. The largest absolute Gasteiger partial charge is 0.444 e. The van der Waals surface area contributed by atoms with Gasteiger partial charge in [-0.15, -0.1) is 5.10 Å². The SMILES string of the molecule is CC(C)(C)OC(=O)N1CCCCC1Cn1nnc2c(N)nc(C3CC3)nc21. The molecule has 4 rings (SSSR count). The summed E-state index contributed by atoms with van der Waals surface area (Å²) in [4.78, 5) is 23.5. The summed E-state index contributed by atoms with van der Waals surface area (Å²) in [5.41, 5.74) is 6.73. The Morgan fingerprint density at radius 2 is 2.00 bits per heavy atom. The van der Waals surface area contributed by atoms with E-state index in [0.29, 0.717) is 36.0 Å². The van der Waals surface area contributed by atoms with Crippen molar-refractivity contribution in [3.05, 3.63) is 5.82 Å². The standard InChI is InChI=1S/C18H27N7O2/c1-18(2,3)27-17(26)24-9-5-4-6-12(24)10-25-16-13(22-23-25)14(19)20-15(21-16)11-7-8-11/h11-12H,4-10H2,1-3H3,(H2,19,20,21). The van der Waals surface area contributed by atoms with Gasteiger partial charge in [-0.2, -0.15) is 0 Å². The summed E-state index contributed by atoms with van der Waals surface area (Å²) in [7, 11) is 0. The van der Waals surface area contributed by atoms with Crippen LogP contribution in [0.5, 0.6) is 0 Å². The Labute approximate surface area is 158 Å². The quantitative estimate of drug-likeness (QED) is 0.879. The Balaban J connectivity index is 1.59. The number of hydrogen-bond donors (Lipinski definition) is 1. The Hall–Kier alpha value is -2.45. The number of ether oxygens (including phenoxy) is 1. The summed E-state index contributed by atoms with van der Waals surface area (Å²) in [5, 5.41) is 8.41. The molecule has 0 radical (unpaired) electrons. The van der Waals surface area contributed by atoms with Crippen molar-refractivity contribution in [2.75, 3.05) is 12.3 Å². The van der Waals surface area contributed by atoms with Crippen molar-refractivity contribution in [2.24, 2.45) is 0 Å². The number of fused-ring (bicyclic) bond motifs is 1. The van der Waals surface area contributed by atoms with E-state index in [9.17, 15) is 4.79 Å². The van der Waals surface area contributed by atoms with E-state index in [2.05, 4.69) is 20.3 Å². The zero-order chi connectivity index (χ0) is 19.2. The van der Waals surface area contributed by atoms with E-state index in [1.807, 2.05) is 25.7 Å². The summed E-state index contributed by atoms with van der Waals surface area (Å²) < 4.78 is 7.34. The molecule has 2 N–H and O–H groups in total. The number of hydrogen-bond acceptors (Lipinski definition) is 7. The second-order valence-corrected chi connectivity index (χ2v) is 8.51. The van der Waals surface area contributed by atoms with Gasteiger partial charge in [-0.1, -0.05) is 5.21 Å². The minimum atomic E-state index is -0.514. The van der Waals surface area contributed by atoms with Crippen LogP contribution in [0.4, 0.5) is 10.6 Å². The average Bonchev–Trinajstić information content (AvgIpc) is 3.36. The molecule has 0 bridgehead atoms. The van der Waals surface area contributed by atoms with Gasteiger partial charge in [-0.25, -0.2) is 19.4 Å². The van der Waals surface area contributed by atoms with Crippen LogP contribution < -0.4 is 5.73 Å². The number of carbonyl (C=O) groups excluding carboxylic acids is 1. The lowest BCUT2D eigenvalue weighted by Gasteiger charge is -2.36. The molecule has 0 spiro atoms. The molecule has 1 aliphatic carbocycles. The number of nitrogens with two attached hydrogens (primary N) is 1. The molecule has 146 valence electrons. The number of nitrogens with zero attached hydrogens (tertiary/aromatic N) is 6. The zero-order valence-corrected chi connectivity index (χ0v) is 16.2. The van der Waals surface area contributed by atoms with Crippen LogP contribution in [0.2, 0.25) is 0 Å². The van der Waals surface area contributed by atoms with Gasteiger partial charge in [0.2, 0.25) is 0 Å². The van der Waals surface area contributed by atoms with E-state index >= 15 is 0 Å². The monoisotopic (exact) mass is 373 g/mol. The first-order chi connectivity index (χ1) is 12.8. The first-order valence-corrected chi connectivity index (χ1v) is 9.68. The van der Waals surface area contributed by atoms with Crippen molar-refractivity contribution in [1.82, 2.24) is 29.9 Å². The molecule has 1 aliphatic heterocycles. The van der Waals surface area contributed by atoms with Crippen LogP contribution in [-0.2, 0) is 11.3 Å². The van der Waals surface area contributed by atoms with Gasteiger partial charge in [-0.3, -0.25) is 0 Å². The highest BCUT2D eigenvalue weighted by atomic mass is 16.6. The number of piperidine rings is 1. The molecule has 9 heteroatoms. The third-order valence-electron chi connectivity index (χ3n) is 4.99. The van der Waals surface area contributed by atoms with Crippen molar-refractivity contribution in [2.45, 2.75) is 77.0 Å². The Morgan fingerprint density at radius 3 is 2.70 bits per heavy atom. The topological polar surface area (TPSA) is 112 Å². The van der Waals surface area contributed by atoms with Gasteiger partial charge in [0.1, 0.15) is 11.4 Å². The molecule has 0 aromatic carbocycles. The van der Waals surface area contributed by atoms with Gasteiger partial charge < -0.3 is 15.4 Å². The molecule has 2 aliphatic rings. The minimum absolute atomic E-state index is 0.000866. The van der Waals surface area contributed by atoms with Crippen LogP contribution in [0.3, 0.4) is 0 Å². The highest BCUT2D eigenvalue weighted by Gasteiger charge is 2.32. The van der Waals surface area contributed by atoms with Gasteiger partial charge >= 0.3 is 6.09 Å². The lowest BCUT2D eigenvalue weighted by molar-refractivity contribution is 0.00745. The predicted molar refractivity (Wildman–Crippen MR) is 100 cm³/mol. The van der Waals surface area contributed by atoms with Crippen LogP contribution in [0.15, 0.2) is 0 Å². The Morgan fingerprint density at radius 1 is 1.22 bits per heavy atom. The van der Waals surface area contributed by atoms with Gasteiger partial charge in [0.05, 0.1) is 12.6 Å². The number of nitrogen functional groups attached to an aromatic ring is 1. The molecule has 1 atom stereocenters. The molecule has 1 unspecified atom stereocenters. The maximum atomic E-state index is 12.6. The molecule has 1 saturated carbocycles. The molecule has 2 fully saturated rings. The molecule has 1 amide bonds. The number of amides is 1. The van der Waals surface area contributed by atoms with Crippen LogP contribution in [0, 0.1) is 0 Å². The minimum Gasteiger partial charge on any atom is -0.444 e. The van der Waals surface area contributed by atoms with Crippen LogP contribution >= 0.6 is 0 Å². The zero-order valence-electron chi connectivity index (χ0n) is 16.2. The van der Waals surface area contributed by atoms with Gasteiger partial charge in [0.15, 0.2) is 17.0 Å². The number of likely N-dealkylation sites (tertiary alicyclic amines) is 1. The first-order valence-electron chi connectivity index (χ1n) is 9.68. The molecule has 9 nitrogen and oxygen atoms in total. The fraction of sp³-hybridized carbons (Fsp3) is 0.722. The number of carbonyl (C=O) groups is 1. The smallest absolute Gasteiger partial charge is 0.410 e. The van der Waals surface area contributed by atoms with E-state index < -0.39 is 5.60 Å². The molecule has 2 aromatic heterocycles. The Kier molecular flexibility index (Phi) is 4.39. The fourth-order valence-corrected chi connectivity index (χ4v) is 3.49. The van der Waals surface area contributed by atoms with E-state index in [0.717, 1.165) is 37.9 Å². The normalized spacial score (nSPS) is 20.9. The third-order valence-corrected chi connectivity index (χ3v) is 4.99. The van der Waals surface area contributed by atoms with Gasteiger partial charge in [-0.05, 0) is 52.9 Å². The Bertz CT molecular complexity index is 853.